The lowest BCUT2D eigenvalue weighted by atomic mass is 10.0. The minimum Gasteiger partial charge on any atom is -0.378 e. The Hall–Kier alpha value is -0.610. The predicted octanol–water partition coefficient (Wildman–Crippen LogP) is 0.265. The summed E-state index contributed by atoms with van der Waals surface area (Å²) in [6.45, 7) is 3.13. The molecule has 1 aliphatic heterocycles. The van der Waals surface area contributed by atoms with Crippen molar-refractivity contribution in [1.82, 2.24) is 5.32 Å². The minimum atomic E-state index is 0.0350. The van der Waals surface area contributed by atoms with E-state index in [0.29, 0.717) is 19.1 Å². The van der Waals surface area contributed by atoms with E-state index in [1.54, 1.807) is 0 Å². The van der Waals surface area contributed by atoms with Gasteiger partial charge in [-0.15, -0.1) is 0 Å². The van der Waals surface area contributed by atoms with Crippen LogP contribution in [0.1, 0.15) is 26.2 Å². The zero-order chi connectivity index (χ0) is 10.8. The molecule has 3 unspecified atom stereocenters. The smallest absolute Gasteiger partial charge is 0.225 e. The van der Waals surface area contributed by atoms with Crippen LogP contribution in [-0.4, -0.2) is 31.2 Å². The number of carbonyl (C=O) groups is 1. The predicted molar refractivity (Wildman–Crippen MR) is 57.2 cm³/mol. The molecule has 1 saturated heterocycles. The maximum Gasteiger partial charge on any atom is 0.225 e. The largest absolute Gasteiger partial charge is 0.378 e. The Morgan fingerprint density at radius 1 is 1.60 bits per heavy atom. The van der Waals surface area contributed by atoms with Crippen molar-refractivity contribution in [3.05, 3.63) is 0 Å². The molecule has 0 aromatic heterocycles. The Morgan fingerprint density at radius 2 is 2.33 bits per heavy atom. The third-order valence-electron chi connectivity index (χ3n) is 3.34. The van der Waals surface area contributed by atoms with Crippen molar-refractivity contribution >= 4 is 5.91 Å². The fraction of sp³-hybridized carbons (Fsp3) is 0.909. The standard InChI is InChI=1S/C11H20N2O2/c1-7-4-9(6-15-7)11(14)13-10(5-12)8-2-3-8/h7-10H,2-6,12H2,1H3,(H,13,14). The summed E-state index contributed by atoms with van der Waals surface area (Å²) >= 11 is 0. The molecule has 1 heterocycles. The number of hydrogen-bond donors (Lipinski definition) is 2. The molecular weight excluding hydrogens is 192 g/mol. The number of hydrogen-bond acceptors (Lipinski definition) is 3. The van der Waals surface area contributed by atoms with E-state index >= 15 is 0 Å². The third-order valence-corrected chi connectivity index (χ3v) is 3.34. The second-order valence-corrected chi connectivity index (χ2v) is 4.76. The molecule has 4 heteroatoms. The van der Waals surface area contributed by atoms with Crippen LogP contribution in [0.5, 0.6) is 0 Å². The molecule has 0 radical (unpaired) electrons. The lowest BCUT2D eigenvalue weighted by Crippen LogP contribution is -2.44. The molecule has 2 aliphatic rings. The maximum absolute atomic E-state index is 11.8. The number of amides is 1. The molecule has 3 N–H and O–H groups in total. The van der Waals surface area contributed by atoms with Crippen molar-refractivity contribution in [3.8, 4) is 0 Å². The van der Waals surface area contributed by atoms with Crippen LogP contribution in [-0.2, 0) is 9.53 Å². The van der Waals surface area contributed by atoms with Gasteiger partial charge in [0.25, 0.3) is 0 Å². The summed E-state index contributed by atoms with van der Waals surface area (Å²) in [7, 11) is 0. The zero-order valence-corrected chi connectivity index (χ0v) is 9.24. The van der Waals surface area contributed by atoms with Crippen LogP contribution in [0.4, 0.5) is 0 Å². The molecule has 2 rings (SSSR count). The fourth-order valence-electron chi connectivity index (χ4n) is 2.17. The van der Waals surface area contributed by atoms with Crippen LogP contribution in [0.15, 0.2) is 0 Å². The lowest BCUT2D eigenvalue weighted by molar-refractivity contribution is -0.125. The maximum atomic E-state index is 11.8. The van der Waals surface area contributed by atoms with Gasteiger partial charge in [0.05, 0.1) is 18.6 Å². The van der Waals surface area contributed by atoms with Crippen LogP contribution in [0.3, 0.4) is 0 Å². The van der Waals surface area contributed by atoms with E-state index in [2.05, 4.69) is 5.32 Å². The summed E-state index contributed by atoms with van der Waals surface area (Å²) in [6, 6.07) is 0.188. The van der Waals surface area contributed by atoms with Gasteiger partial charge in [-0.05, 0) is 32.1 Å². The average molecular weight is 212 g/mol. The van der Waals surface area contributed by atoms with Crippen LogP contribution in [0.2, 0.25) is 0 Å². The number of rotatable bonds is 4. The van der Waals surface area contributed by atoms with Gasteiger partial charge in [-0.25, -0.2) is 0 Å². The van der Waals surface area contributed by atoms with E-state index in [0.717, 1.165) is 6.42 Å². The molecule has 1 amide bonds. The van der Waals surface area contributed by atoms with E-state index in [9.17, 15) is 4.79 Å². The highest BCUT2D eigenvalue weighted by Gasteiger charge is 2.34. The highest BCUT2D eigenvalue weighted by atomic mass is 16.5. The Balaban J connectivity index is 1.80. The molecule has 2 fully saturated rings. The third kappa shape index (κ3) is 2.69. The molecule has 1 aliphatic carbocycles. The summed E-state index contributed by atoms with van der Waals surface area (Å²) in [5.74, 6) is 0.785. The summed E-state index contributed by atoms with van der Waals surface area (Å²) < 4.78 is 5.39. The van der Waals surface area contributed by atoms with E-state index in [4.69, 9.17) is 10.5 Å². The van der Waals surface area contributed by atoms with Crippen LogP contribution >= 0.6 is 0 Å². The topological polar surface area (TPSA) is 64.4 Å². The average Bonchev–Trinajstić information content (AvgIpc) is 2.97. The molecule has 0 aromatic carbocycles. The number of nitrogens with two attached hydrogens (primary N) is 1. The number of nitrogens with one attached hydrogen (secondary N) is 1. The van der Waals surface area contributed by atoms with Gasteiger partial charge in [0.1, 0.15) is 0 Å². The van der Waals surface area contributed by atoms with Gasteiger partial charge in [-0.1, -0.05) is 0 Å². The highest BCUT2D eigenvalue weighted by Crippen LogP contribution is 2.32. The molecule has 0 spiro atoms. The summed E-state index contributed by atoms with van der Waals surface area (Å²) in [5, 5.41) is 3.05. The molecule has 3 atom stereocenters. The van der Waals surface area contributed by atoms with Gasteiger partial charge < -0.3 is 15.8 Å². The SMILES string of the molecule is CC1CC(C(=O)NC(CN)C2CC2)CO1. The van der Waals surface area contributed by atoms with Gasteiger partial charge in [-0.3, -0.25) is 4.79 Å². The Morgan fingerprint density at radius 3 is 2.80 bits per heavy atom. The second kappa shape index (κ2) is 4.49. The van der Waals surface area contributed by atoms with Crippen molar-refractivity contribution in [1.29, 1.82) is 0 Å². The van der Waals surface area contributed by atoms with Crippen LogP contribution in [0, 0.1) is 11.8 Å². The van der Waals surface area contributed by atoms with Crippen molar-refractivity contribution in [2.24, 2.45) is 17.6 Å². The molecule has 1 saturated carbocycles. The highest BCUT2D eigenvalue weighted by molar-refractivity contribution is 5.79. The van der Waals surface area contributed by atoms with Crippen molar-refractivity contribution < 1.29 is 9.53 Å². The lowest BCUT2D eigenvalue weighted by Gasteiger charge is -2.18. The molecule has 0 bridgehead atoms. The molecule has 4 nitrogen and oxygen atoms in total. The first-order valence-corrected chi connectivity index (χ1v) is 5.82. The number of carbonyl (C=O) groups excluding carboxylic acids is 1. The summed E-state index contributed by atoms with van der Waals surface area (Å²) in [4.78, 5) is 11.8. The van der Waals surface area contributed by atoms with Crippen molar-refractivity contribution in [2.75, 3.05) is 13.2 Å². The summed E-state index contributed by atoms with van der Waals surface area (Å²) in [5.41, 5.74) is 5.64. The first kappa shape index (κ1) is 10.9. The first-order chi connectivity index (χ1) is 7.20. The molecular formula is C11H20N2O2. The van der Waals surface area contributed by atoms with E-state index in [-0.39, 0.29) is 24.0 Å². The first-order valence-electron chi connectivity index (χ1n) is 5.82. The van der Waals surface area contributed by atoms with Gasteiger partial charge in [0.15, 0.2) is 0 Å². The van der Waals surface area contributed by atoms with Gasteiger partial charge >= 0.3 is 0 Å². The summed E-state index contributed by atoms with van der Waals surface area (Å²) in [6.07, 6.45) is 3.48. The Labute approximate surface area is 90.5 Å². The fourth-order valence-corrected chi connectivity index (χ4v) is 2.17. The van der Waals surface area contributed by atoms with Gasteiger partial charge in [-0.2, -0.15) is 0 Å². The van der Waals surface area contributed by atoms with Crippen molar-refractivity contribution in [3.63, 3.8) is 0 Å². The van der Waals surface area contributed by atoms with Gasteiger partial charge in [0, 0.05) is 12.6 Å². The van der Waals surface area contributed by atoms with E-state index < -0.39 is 0 Å². The second-order valence-electron chi connectivity index (χ2n) is 4.76. The minimum absolute atomic E-state index is 0.0350. The zero-order valence-electron chi connectivity index (χ0n) is 9.24. The van der Waals surface area contributed by atoms with Crippen LogP contribution < -0.4 is 11.1 Å². The molecule has 86 valence electrons. The number of ether oxygens (including phenoxy) is 1. The molecule has 0 aromatic rings. The Bertz CT molecular complexity index is 241. The normalized spacial score (nSPS) is 32.7. The monoisotopic (exact) mass is 212 g/mol. The van der Waals surface area contributed by atoms with E-state index in [1.165, 1.54) is 12.8 Å². The Kier molecular flexibility index (Phi) is 3.26. The van der Waals surface area contributed by atoms with Crippen molar-refractivity contribution in [2.45, 2.75) is 38.3 Å². The quantitative estimate of drug-likeness (QED) is 0.703. The molecule has 15 heavy (non-hydrogen) atoms. The van der Waals surface area contributed by atoms with E-state index in [1.807, 2.05) is 6.92 Å². The van der Waals surface area contributed by atoms with Gasteiger partial charge in [0.2, 0.25) is 5.91 Å². The van der Waals surface area contributed by atoms with Crippen LogP contribution in [0.25, 0.3) is 0 Å².